The Morgan fingerprint density at radius 3 is 2.75 bits per heavy atom. The fourth-order valence-electron chi connectivity index (χ4n) is 2.43. The molecule has 1 fully saturated rings. The molecule has 2 atom stereocenters. The van der Waals surface area contributed by atoms with Crippen LogP contribution in [0.2, 0.25) is 0 Å². The molecule has 2 unspecified atom stereocenters. The first kappa shape index (κ1) is 16.3. The van der Waals surface area contributed by atoms with E-state index in [9.17, 15) is 18.4 Å². The number of halogens is 2. The molecule has 0 spiro atoms. The lowest BCUT2D eigenvalue weighted by Crippen LogP contribution is -2.33. The lowest BCUT2D eigenvalue weighted by Gasteiger charge is -2.19. The number of hydrogen-bond acceptors (Lipinski definition) is 5. The zero-order valence-electron chi connectivity index (χ0n) is 12.1. The third kappa shape index (κ3) is 2.82. The van der Waals surface area contributed by atoms with Gasteiger partial charge in [-0.1, -0.05) is 0 Å². The summed E-state index contributed by atoms with van der Waals surface area (Å²) in [6.07, 6.45) is 1.95. The molecule has 126 valence electrons. The lowest BCUT2D eigenvalue weighted by molar-refractivity contribution is -0.124. The molecule has 1 saturated heterocycles. The fourth-order valence-corrected chi connectivity index (χ4v) is 2.66. The molecule has 1 aromatic rings. The number of anilines is 1. The molecule has 0 saturated carbocycles. The van der Waals surface area contributed by atoms with Crippen LogP contribution in [-0.2, 0) is 14.3 Å². The molecule has 2 aliphatic heterocycles. The van der Waals surface area contributed by atoms with Crippen LogP contribution in [0.3, 0.4) is 0 Å². The van der Waals surface area contributed by atoms with Gasteiger partial charge in [0.1, 0.15) is 5.82 Å². The van der Waals surface area contributed by atoms with Gasteiger partial charge in [0.2, 0.25) is 0 Å². The van der Waals surface area contributed by atoms with Gasteiger partial charge in [0.05, 0.1) is 24.1 Å². The summed E-state index contributed by atoms with van der Waals surface area (Å²) in [6.45, 7) is -0.247. The van der Waals surface area contributed by atoms with E-state index in [0.29, 0.717) is 0 Å². The van der Waals surface area contributed by atoms with E-state index in [-0.39, 0.29) is 23.4 Å². The average Bonchev–Trinajstić information content (AvgIpc) is 2.90. The Labute approximate surface area is 140 Å². The van der Waals surface area contributed by atoms with Gasteiger partial charge < -0.3 is 15.2 Å². The molecule has 0 aromatic heterocycles. The van der Waals surface area contributed by atoms with Crippen molar-refractivity contribution in [2.75, 3.05) is 11.4 Å². The van der Waals surface area contributed by atoms with Gasteiger partial charge in [-0.15, -0.1) is 12.6 Å². The van der Waals surface area contributed by atoms with Crippen molar-refractivity contribution >= 4 is 35.9 Å². The number of nitrogens with two attached hydrogens (primary N) is 1. The quantitative estimate of drug-likeness (QED) is 0.813. The molecule has 3 rings (SSSR count). The van der Waals surface area contributed by atoms with Gasteiger partial charge in [-0.25, -0.2) is 13.6 Å². The topological polar surface area (TPSA) is 81.9 Å². The number of benzene rings is 1. The van der Waals surface area contributed by atoms with Crippen LogP contribution < -0.4 is 10.6 Å². The van der Waals surface area contributed by atoms with Gasteiger partial charge in [-0.2, -0.15) is 0 Å². The molecular weight excluding hydrogens is 342 g/mol. The van der Waals surface area contributed by atoms with Crippen molar-refractivity contribution in [3.63, 3.8) is 0 Å². The van der Waals surface area contributed by atoms with Crippen LogP contribution in [-0.4, -0.2) is 30.1 Å². The smallest absolute Gasteiger partial charge is 0.415 e. The zero-order chi connectivity index (χ0) is 17.4. The van der Waals surface area contributed by atoms with Crippen molar-refractivity contribution in [2.24, 2.45) is 5.73 Å². The number of cyclic esters (lactones) is 1. The highest BCUT2D eigenvalue weighted by Crippen LogP contribution is 2.33. The number of allylic oxidation sites excluding steroid dienone is 2. The summed E-state index contributed by atoms with van der Waals surface area (Å²) in [4.78, 5) is 23.9. The Hall–Kier alpha value is -2.55. The molecule has 0 bridgehead atoms. The van der Waals surface area contributed by atoms with E-state index < -0.39 is 35.2 Å². The Balaban J connectivity index is 2.03. The van der Waals surface area contributed by atoms with Crippen molar-refractivity contribution in [3.05, 3.63) is 47.7 Å². The van der Waals surface area contributed by atoms with Gasteiger partial charge in [0, 0.05) is 0 Å². The predicted octanol–water partition coefficient (Wildman–Crippen LogP) is 1.96. The maximum absolute atomic E-state index is 14.9. The summed E-state index contributed by atoms with van der Waals surface area (Å²) >= 11 is 4.07. The van der Waals surface area contributed by atoms with E-state index >= 15 is 0 Å². The first-order valence-electron chi connectivity index (χ1n) is 6.86. The number of nitrogens with zero attached hydrogens (tertiary/aromatic N) is 1. The molecule has 2 heterocycles. The molecule has 0 radical (unpaired) electrons. The lowest BCUT2D eigenvalue weighted by atomic mass is 10.0. The highest BCUT2D eigenvalue weighted by Gasteiger charge is 2.37. The summed E-state index contributed by atoms with van der Waals surface area (Å²) in [5.41, 5.74) is 4.11. The number of ether oxygens (including phenoxy) is 2. The van der Waals surface area contributed by atoms with E-state index in [0.717, 1.165) is 17.0 Å². The van der Waals surface area contributed by atoms with Crippen molar-refractivity contribution in [3.8, 4) is 0 Å². The zero-order valence-corrected chi connectivity index (χ0v) is 13.0. The van der Waals surface area contributed by atoms with Crippen LogP contribution in [0.25, 0.3) is 5.57 Å². The Morgan fingerprint density at radius 2 is 2.12 bits per heavy atom. The Kier molecular flexibility index (Phi) is 4.18. The van der Waals surface area contributed by atoms with E-state index in [1.807, 2.05) is 0 Å². The standard InChI is InChI=1S/C15H12F2N2O4S/c16-8-1-2-9(19-6-10(14(18)20)23-15(19)21)13(17)12(8)7-3-4-22-11(24)5-7/h1-5,10-11,24H,6H2,(H2,18,20). The predicted molar refractivity (Wildman–Crippen MR) is 84.1 cm³/mol. The van der Waals surface area contributed by atoms with Gasteiger partial charge in [0.15, 0.2) is 17.4 Å². The summed E-state index contributed by atoms with van der Waals surface area (Å²) in [7, 11) is 0. The molecule has 2 N–H and O–H groups in total. The fraction of sp³-hybridized carbons (Fsp3) is 0.200. The SMILES string of the molecule is NC(=O)C1CN(c2ccc(F)c(C3=CC(S)OC=C3)c2F)C(=O)O1. The summed E-state index contributed by atoms with van der Waals surface area (Å²) in [6, 6.07) is 2.12. The minimum atomic E-state index is -1.19. The maximum atomic E-state index is 14.9. The number of hydrogen-bond donors (Lipinski definition) is 2. The second-order valence-corrected chi connectivity index (χ2v) is 5.60. The second-order valence-electron chi connectivity index (χ2n) is 5.09. The van der Waals surface area contributed by atoms with Gasteiger partial charge in [-0.3, -0.25) is 9.69 Å². The molecule has 2 amide bonds. The van der Waals surface area contributed by atoms with Gasteiger partial charge >= 0.3 is 6.09 Å². The number of primary amides is 1. The second kappa shape index (κ2) is 6.16. The van der Waals surface area contributed by atoms with Crippen LogP contribution >= 0.6 is 12.6 Å². The minimum Gasteiger partial charge on any atom is -0.483 e. The van der Waals surface area contributed by atoms with E-state index in [1.54, 1.807) is 0 Å². The number of carbonyl (C=O) groups excluding carboxylic acids is 2. The Bertz CT molecular complexity index is 781. The largest absolute Gasteiger partial charge is 0.483 e. The van der Waals surface area contributed by atoms with Crippen molar-refractivity contribution in [2.45, 2.75) is 11.5 Å². The van der Waals surface area contributed by atoms with Gasteiger partial charge in [0.25, 0.3) is 5.91 Å². The number of amides is 2. The van der Waals surface area contributed by atoms with Crippen LogP contribution in [0.15, 0.2) is 30.5 Å². The number of rotatable bonds is 3. The number of carbonyl (C=O) groups is 2. The third-order valence-electron chi connectivity index (χ3n) is 3.57. The average molecular weight is 354 g/mol. The minimum absolute atomic E-state index is 0.211. The van der Waals surface area contributed by atoms with Crippen LogP contribution in [0.4, 0.5) is 19.3 Å². The molecule has 24 heavy (non-hydrogen) atoms. The van der Waals surface area contributed by atoms with E-state index in [1.165, 1.54) is 18.4 Å². The third-order valence-corrected chi connectivity index (χ3v) is 3.84. The monoisotopic (exact) mass is 354 g/mol. The first-order valence-corrected chi connectivity index (χ1v) is 7.38. The maximum Gasteiger partial charge on any atom is 0.415 e. The number of thiol groups is 1. The first-order chi connectivity index (χ1) is 11.4. The van der Waals surface area contributed by atoms with E-state index in [4.69, 9.17) is 15.2 Å². The van der Waals surface area contributed by atoms with Crippen LogP contribution in [0, 0.1) is 11.6 Å². The molecule has 2 aliphatic rings. The molecule has 6 nitrogen and oxygen atoms in total. The van der Waals surface area contributed by atoms with Crippen molar-refractivity contribution in [1.29, 1.82) is 0 Å². The Morgan fingerprint density at radius 1 is 1.38 bits per heavy atom. The van der Waals surface area contributed by atoms with Crippen LogP contribution in [0.1, 0.15) is 5.56 Å². The van der Waals surface area contributed by atoms with Gasteiger partial charge in [-0.05, 0) is 29.9 Å². The normalized spacial score (nSPS) is 22.9. The van der Waals surface area contributed by atoms with Crippen molar-refractivity contribution < 1.29 is 27.8 Å². The summed E-state index contributed by atoms with van der Waals surface area (Å²) < 4.78 is 38.8. The van der Waals surface area contributed by atoms with Crippen LogP contribution in [0.5, 0.6) is 0 Å². The van der Waals surface area contributed by atoms with E-state index in [2.05, 4.69) is 12.6 Å². The highest BCUT2D eigenvalue weighted by molar-refractivity contribution is 7.81. The summed E-state index contributed by atoms with van der Waals surface area (Å²) in [5, 5.41) is 0. The molecule has 0 aliphatic carbocycles. The van der Waals surface area contributed by atoms with Crippen molar-refractivity contribution in [1.82, 2.24) is 0 Å². The highest BCUT2D eigenvalue weighted by atomic mass is 32.1. The molecular formula is C15H12F2N2O4S. The molecule has 1 aromatic carbocycles. The summed E-state index contributed by atoms with van der Waals surface area (Å²) in [5.74, 6) is -2.62. The molecule has 9 heteroatoms.